The average Bonchev–Trinajstić information content (AvgIpc) is 3.86. The Hall–Kier alpha value is -6.84. The van der Waals surface area contributed by atoms with Gasteiger partial charge in [0.1, 0.15) is 0 Å². The van der Waals surface area contributed by atoms with Gasteiger partial charge in [-0.15, -0.1) is 22.7 Å². The van der Waals surface area contributed by atoms with E-state index in [-0.39, 0.29) is 0 Å². The molecule has 0 saturated carbocycles. The first-order valence-electron chi connectivity index (χ1n) is 19.9. The molecule has 2 heterocycles. The minimum atomic E-state index is 1.24. The molecule has 0 aliphatic heterocycles. The number of rotatable bonds is 3. The second-order valence-electron chi connectivity index (χ2n) is 15.5. The molecule has 2 aromatic heterocycles. The van der Waals surface area contributed by atoms with E-state index in [2.05, 4.69) is 194 Å². The van der Waals surface area contributed by atoms with Crippen LogP contribution >= 0.6 is 22.7 Å². The summed E-state index contributed by atoms with van der Waals surface area (Å²) in [5, 5.41) is 18.3. The molecule has 0 spiro atoms. The lowest BCUT2D eigenvalue weighted by Gasteiger charge is -2.19. The first-order valence-corrected chi connectivity index (χ1v) is 21.5. The van der Waals surface area contributed by atoms with Gasteiger partial charge in [0.25, 0.3) is 0 Å². The highest BCUT2D eigenvalue weighted by atomic mass is 32.1. The Morgan fingerprint density at radius 1 is 0.259 bits per heavy atom. The fourth-order valence-corrected chi connectivity index (χ4v) is 12.2. The zero-order valence-corrected chi connectivity index (χ0v) is 32.9. The highest BCUT2D eigenvalue weighted by molar-refractivity contribution is 7.30. The van der Waals surface area contributed by atoms with Crippen LogP contribution in [0.15, 0.2) is 194 Å². The maximum atomic E-state index is 2.41. The van der Waals surface area contributed by atoms with Crippen molar-refractivity contribution >= 4 is 117 Å². The van der Waals surface area contributed by atoms with E-state index in [1.54, 1.807) is 0 Å². The van der Waals surface area contributed by atoms with Gasteiger partial charge in [0.05, 0.1) is 0 Å². The summed E-state index contributed by atoms with van der Waals surface area (Å²) in [6.45, 7) is 0. The van der Waals surface area contributed by atoms with E-state index < -0.39 is 0 Å². The zero-order valence-electron chi connectivity index (χ0n) is 31.3. The maximum Gasteiger partial charge on any atom is 0.0448 e. The Labute approximate surface area is 342 Å². The molecule has 0 radical (unpaired) electrons. The molecule has 13 aromatic rings. The number of hydrogen-bond acceptors (Lipinski definition) is 2. The molecule has 0 bridgehead atoms. The van der Waals surface area contributed by atoms with E-state index in [4.69, 9.17) is 0 Å². The fourth-order valence-electron chi connectivity index (χ4n) is 9.79. The summed E-state index contributed by atoms with van der Waals surface area (Å²) in [5.74, 6) is 0. The van der Waals surface area contributed by atoms with Gasteiger partial charge < -0.3 is 0 Å². The van der Waals surface area contributed by atoms with Crippen LogP contribution in [0, 0.1) is 0 Å². The van der Waals surface area contributed by atoms with Crippen molar-refractivity contribution in [3.05, 3.63) is 194 Å². The van der Waals surface area contributed by atoms with Crippen molar-refractivity contribution in [2.75, 3.05) is 0 Å². The van der Waals surface area contributed by atoms with Crippen molar-refractivity contribution in [2.45, 2.75) is 0 Å². The van der Waals surface area contributed by atoms with Gasteiger partial charge in [-0.2, -0.15) is 0 Å². The SMILES string of the molecule is c1ccc2c(-c3c4ccccc4c(-c4ccc5cc(-c6ccc7sc8c(ccc9sc%10ccc%11ccccc%11c%10c98)c7c6)ccc5c4)c4ccccc34)cccc2c1. The number of benzene rings is 11. The average molecular weight is 769 g/mol. The second kappa shape index (κ2) is 12.3. The van der Waals surface area contributed by atoms with Crippen LogP contribution in [0.1, 0.15) is 0 Å². The van der Waals surface area contributed by atoms with E-state index >= 15 is 0 Å². The van der Waals surface area contributed by atoms with E-state index in [0.717, 1.165) is 0 Å². The second-order valence-corrected chi connectivity index (χ2v) is 17.7. The third-order valence-electron chi connectivity index (χ3n) is 12.4. The largest absolute Gasteiger partial charge is 0.135 e. The Bertz CT molecular complexity index is 3800. The minimum Gasteiger partial charge on any atom is -0.135 e. The smallest absolute Gasteiger partial charge is 0.0448 e. The third kappa shape index (κ3) is 4.68. The molecule has 0 N–H and O–H groups in total. The summed E-state index contributed by atoms with van der Waals surface area (Å²) in [7, 11) is 0. The molecule has 58 heavy (non-hydrogen) atoms. The Kier molecular flexibility index (Phi) is 6.86. The molecule has 0 fully saturated rings. The first-order chi connectivity index (χ1) is 28.7. The van der Waals surface area contributed by atoms with Crippen LogP contribution in [0.4, 0.5) is 0 Å². The van der Waals surface area contributed by atoms with Crippen LogP contribution in [0.2, 0.25) is 0 Å². The lowest BCUT2D eigenvalue weighted by Crippen LogP contribution is -1.91. The fraction of sp³-hybridized carbons (Fsp3) is 0. The monoisotopic (exact) mass is 768 g/mol. The van der Waals surface area contributed by atoms with E-state index in [0.29, 0.717) is 0 Å². The van der Waals surface area contributed by atoms with Crippen LogP contribution in [0.5, 0.6) is 0 Å². The summed E-state index contributed by atoms with van der Waals surface area (Å²) in [6.07, 6.45) is 0. The normalized spacial score (nSPS) is 12.1. The number of thiophene rings is 2. The van der Waals surface area contributed by atoms with Crippen LogP contribution in [-0.2, 0) is 0 Å². The highest BCUT2D eigenvalue weighted by Gasteiger charge is 2.19. The molecule has 0 amide bonds. The Balaban J connectivity index is 0.949. The standard InChI is InChI=1S/C56H32S2/c1-3-13-40-33(10-1)12-9-19-42(40)53-45-17-7-5-15-43(45)52(44-16-6-8-18-46(44)53)39-23-22-35-30-36(20-21-37(35)31-39)38-25-27-49-48(32-38)47-26-29-51-55(56(47)58-49)54-41-14-4-2-11-34(41)24-28-50(54)57-51/h1-32H. The predicted molar refractivity (Wildman–Crippen MR) is 256 cm³/mol. The van der Waals surface area contributed by atoms with Gasteiger partial charge >= 0.3 is 0 Å². The molecule has 0 aliphatic rings. The molecule has 0 nitrogen and oxygen atoms in total. The predicted octanol–water partition coefficient (Wildman–Crippen LogP) is 17.2. The lowest BCUT2D eigenvalue weighted by molar-refractivity contribution is 1.67. The summed E-state index contributed by atoms with van der Waals surface area (Å²) >= 11 is 3.84. The zero-order chi connectivity index (χ0) is 37.9. The molecule has 0 atom stereocenters. The minimum absolute atomic E-state index is 1.24. The quantitative estimate of drug-likeness (QED) is 0.157. The summed E-state index contributed by atoms with van der Waals surface area (Å²) in [6, 6.07) is 72.5. The van der Waals surface area contributed by atoms with Gasteiger partial charge in [-0.3, -0.25) is 0 Å². The highest BCUT2D eigenvalue weighted by Crippen LogP contribution is 2.48. The van der Waals surface area contributed by atoms with Gasteiger partial charge in [-0.05, 0) is 124 Å². The summed E-state index contributed by atoms with van der Waals surface area (Å²) in [4.78, 5) is 0. The van der Waals surface area contributed by atoms with Crippen molar-refractivity contribution in [1.29, 1.82) is 0 Å². The van der Waals surface area contributed by atoms with Crippen LogP contribution < -0.4 is 0 Å². The van der Waals surface area contributed by atoms with Crippen molar-refractivity contribution in [3.8, 4) is 33.4 Å². The Morgan fingerprint density at radius 3 is 1.53 bits per heavy atom. The molecule has 0 aliphatic carbocycles. The first kappa shape index (κ1) is 32.3. The number of hydrogen-bond donors (Lipinski definition) is 0. The van der Waals surface area contributed by atoms with Gasteiger partial charge in [0.2, 0.25) is 0 Å². The molecule has 11 aromatic carbocycles. The van der Waals surface area contributed by atoms with Gasteiger partial charge in [-0.25, -0.2) is 0 Å². The topological polar surface area (TPSA) is 0 Å². The van der Waals surface area contributed by atoms with Crippen LogP contribution in [0.3, 0.4) is 0 Å². The molecular weight excluding hydrogens is 737 g/mol. The lowest BCUT2D eigenvalue weighted by atomic mass is 9.84. The molecule has 0 unspecified atom stereocenters. The van der Waals surface area contributed by atoms with Gasteiger partial charge in [0.15, 0.2) is 0 Å². The van der Waals surface area contributed by atoms with Crippen molar-refractivity contribution in [3.63, 3.8) is 0 Å². The van der Waals surface area contributed by atoms with E-state index in [1.807, 2.05) is 22.7 Å². The third-order valence-corrected chi connectivity index (χ3v) is 14.7. The van der Waals surface area contributed by atoms with Gasteiger partial charge in [-0.1, -0.05) is 158 Å². The van der Waals surface area contributed by atoms with Gasteiger partial charge in [0, 0.05) is 40.3 Å². The molecule has 2 heteroatoms. The van der Waals surface area contributed by atoms with Crippen LogP contribution in [0.25, 0.3) is 128 Å². The molecule has 268 valence electrons. The molecule has 0 saturated heterocycles. The Morgan fingerprint density at radius 2 is 0.776 bits per heavy atom. The summed E-state index contributed by atoms with van der Waals surface area (Å²) in [5.41, 5.74) is 7.59. The molecular formula is C56H32S2. The number of fused-ring (bicyclic) bond motifs is 13. The molecule has 13 rings (SSSR count). The van der Waals surface area contributed by atoms with Crippen LogP contribution in [-0.4, -0.2) is 0 Å². The van der Waals surface area contributed by atoms with E-state index in [9.17, 15) is 0 Å². The van der Waals surface area contributed by atoms with E-state index in [1.165, 1.54) is 128 Å². The van der Waals surface area contributed by atoms with Crippen molar-refractivity contribution in [2.24, 2.45) is 0 Å². The van der Waals surface area contributed by atoms with Crippen molar-refractivity contribution < 1.29 is 0 Å². The summed E-state index contributed by atoms with van der Waals surface area (Å²) < 4.78 is 5.45. The maximum absolute atomic E-state index is 2.41. The van der Waals surface area contributed by atoms with Crippen molar-refractivity contribution in [1.82, 2.24) is 0 Å².